The minimum Gasteiger partial charge on any atom is -0.354 e. The predicted octanol–water partition coefficient (Wildman–Crippen LogP) is 1.22. The third-order valence-corrected chi connectivity index (χ3v) is 5.04. The van der Waals surface area contributed by atoms with Crippen molar-refractivity contribution in [2.45, 2.75) is 24.7 Å². The minimum absolute atomic E-state index is 0. The molecule has 0 spiro atoms. The van der Waals surface area contributed by atoms with E-state index in [0.717, 1.165) is 0 Å². The van der Waals surface area contributed by atoms with Gasteiger partial charge in [0.1, 0.15) is 6.04 Å². The van der Waals surface area contributed by atoms with Gasteiger partial charge in [0, 0.05) is 37.6 Å². The molecule has 7 nitrogen and oxygen atoms in total. The number of nitrogens with two attached hydrogens (primary N) is 1. The number of thiophene rings is 1. The largest absolute Gasteiger partial charge is 0.405 e. The Morgan fingerprint density at radius 3 is 2.52 bits per heavy atom. The lowest BCUT2D eigenvalue weighted by Gasteiger charge is -2.36. The molecule has 1 fully saturated rings. The van der Waals surface area contributed by atoms with Crippen LogP contribution in [0.15, 0.2) is 17.5 Å². The molecular weight excluding hydrogens is 407 g/mol. The van der Waals surface area contributed by atoms with Gasteiger partial charge in [-0.05, 0) is 11.4 Å². The number of hydrogen-bond acceptors (Lipinski definition) is 5. The van der Waals surface area contributed by atoms with E-state index in [1.54, 1.807) is 17.5 Å². The summed E-state index contributed by atoms with van der Waals surface area (Å²) in [4.78, 5) is 25.3. The van der Waals surface area contributed by atoms with Gasteiger partial charge in [0.15, 0.2) is 0 Å². The minimum atomic E-state index is -4.44. The summed E-state index contributed by atoms with van der Waals surface area (Å²) in [7, 11) is 0. The number of piperazine rings is 1. The molecule has 2 heterocycles. The zero-order valence-corrected chi connectivity index (χ0v) is 16.1. The fourth-order valence-corrected chi connectivity index (χ4v) is 3.58. The molecule has 12 heteroatoms. The van der Waals surface area contributed by atoms with Crippen molar-refractivity contribution in [3.63, 3.8) is 0 Å². The van der Waals surface area contributed by atoms with Crippen LogP contribution in [0.5, 0.6) is 0 Å². The average molecular weight is 430 g/mol. The SMILES string of the molecule is Cl.NC(=O)NC(CC(=O)NCC(N1CCNCC1)C(F)(F)F)c1cccs1. The molecule has 0 aromatic carbocycles. The first-order valence-corrected chi connectivity index (χ1v) is 9.03. The molecule has 1 aliphatic heterocycles. The number of halogens is 4. The zero-order chi connectivity index (χ0) is 19.2. The molecule has 0 saturated carbocycles. The van der Waals surface area contributed by atoms with Gasteiger partial charge in [-0.15, -0.1) is 23.7 Å². The second-order valence-corrected chi connectivity index (χ2v) is 6.91. The van der Waals surface area contributed by atoms with Gasteiger partial charge in [0.2, 0.25) is 5.91 Å². The summed E-state index contributed by atoms with van der Waals surface area (Å²) in [6, 6.07) is 0.258. The third-order valence-electron chi connectivity index (χ3n) is 4.06. The lowest BCUT2D eigenvalue weighted by molar-refractivity contribution is -0.184. The van der Waals surface area contributed by atoms with Crippen molar-refractivity contribution in [2.24, 2.45) is 5.73 Å². The van der Waals surface area contributed by atoms with Crippen LogP contribution in [0, 0.1) is 0 Å². The number of hydrogen-bond donors (Lipinski definition) is 4. The van der Waals surface area contributed by atoms with Crippen LogP contribution in [-0.2, 0) is 4.79 Å². The molecule has 2 atom stereocenters. The second-order valence-electron chi connectivity index (χ2n) is 5.93. The van der Waals surface area contributed by atoms with E-state index in [9.17, 15) is 22.8 Å². The molecule has 0 radical (unpaired) electrons. The molecule has 1 aromatic heterocycles. The second kappa shape index (κ2) is 10.7. The van der Waals surface area contributed by atoms with Crippen molar-refractivity contribution in [2.75, 3.05) is 32.7 Å². The van der Waals surface area contributed by atoms with Crippen LogP contribution in [0.1, 0.15) is 17.3 Å². The Labute approximate surface area is 165 Å². The Balaban J connectivity index is 0.00000364. The highest BCUT2D eigenvalue weighted by Crippen LogP contribution is 2.25. The maximum atomic E-state index is 13.3. The highest BCUT2D eigenvalue weighted by molar-refractivity contribution is 7.10. The first kappa shape index (κ1) is 23.5. The van der Waals surface area contributed by atoms with E-state index in [-0.39, 0.29) is 31.9 Å². The van der Waals surface area contributed by atoms with E-state index in [1.165, 1.54) is 16.2 Å². The van der Waals surface area contributed by atoms with Crippen molar-refractivity contribution in [3.8, 4) is 0 Å². The van der Waals surface area contributed by atoms with Gasteiger partial charge in [-0.3, -0.25) is 9.69 Å². The van der Waals surface area contributed by atoms with Crippen molar-refractivity contribution in [3.05, 3.63) is 22.4 Å². The summed E-state index contributed by atoms with van der Waals surface area (Å²) in [5.74, 6) is -0.582. The Hall–Kier alpha value is -1.56. The molecule has 27 heavy (non-hydrogen) atoms. The first-order chi connectivity index (χ1) is 12.3. The van der Waals surface area contributed by atoms with Crippen molar-refractivity contribution in [1.29, 1.82) is 0 Å². The van der Waals surface area contributed by atoms with Gasteiger partial charge in [0.05, 0.1) is 12.5 Å². The molecule has 2 unspecified atom stereocenters. The Morgan fingerprint density at radius 1 is 1.33 bits per heavy atom. The van der Waals surface area contributed by atoms with Gasteiger partial charge in [0.25, 0.3) is 0 Å². The third kappa shape index (κ3) is 7.53. The van der Waals surface area contributed by atoms with E-state index >= 15 is 0 Å². The molecule has 0 aliphatic carbocycles. The number of alkyl halides is 3. The van der Waals surface area contributed by atoms with Crippen LogP contribution in [0.25, 0.3) is 0 Å². The normalized spacial score (nSPS) is 17.4. The molecule has 1 aliphatic rings. The standard InChI is InChI=1S/C15H22F3N5O2S.ClH/c16-15(17,18)12(23-5-3-20-4-6-23)9-21-13(24)8-10(22-14(19)25)11-2-1-7-26-11;/h1-2,7,10,12,20H,3-6,8-9H2,(H,21,24)(H3,19,22,25);1H. The summed E-state index contributed by atoms with van der Waals surface area (Å²) in [5.41, 5.74) is 5.11. The van der Waals surface area contributed by atoms with E-state index in [2.05, 4.69) is 16.0 Å². The number of carbonyl (C=O) groups is 2. The van der Waals surface area contributed by atoms with Crippen LogP contribution >= 0.6 is 23.7 Å². The fourth-order valence-electron chi connectivity index (χ4n) is 2.80. The fraction of sp³-hybridized carbons (Fsp3) is 0.600. The van der Waals surface area contributed by atoms with E-state index in [0.29, 0.717) is 18.0 Å². The summed E-state index contributed by atoms with van der Waals surface area (Å²) in [6.45, 7) is 0.950. The van der Waals surface area contributed by atoms with Crippen LogP contribution in [0.3, 0.4) is 0 Å². The van der Waals surface area contributed by atoms with E-state index in [4.69, 9.17) is 5.73 Å². The van der Waals surface area contributed by atoms with E-state index < -0.39 is 36.7 Å². The number of urea groups is 1. The maximum Gasteiger partial charge on any atom is 0.405 e. The molecule has 2 rings (SSSR count). The monoisotopic (exact) mass is 429 g/mol. The summed E-state index contributed by atoms with van der Waals surface area (Å²) < 4.78 is 40.0. The average Bonchev–Trinajstić information content (AvgIpc) is 3.08. The van der Waals surface area contributed by atoms with Crippen molar-refractivity contribution >= 4 is 35.7 Å². The number of nitrogens with one attached hydrogen (secondary N) is 3. The molecule has 1 saturated heterocycles. The summed E-state index contributed by atoms with van der Waals surface area (Å²) in [6.07, 6.45) is -4.63. The lowest BCUT2D eigenvalue weighted by Crippen LogP contribution is -2.57. The highest BCUT2D eigenvalue weighted by atomic mass is 35.5. The van der Waals surface area contributed by atoms with Crippen LogP contribution in [-0.4, -0.2) is 61.8 Å². The molecule has 3 amide bonds. The lowest BCUT2D eigenvalue weighted by atomic mass is 10.1. The topological polar surface area (TPSA) is 99.5 Å². The Bertz CT molecular complexity index is 597. The predicted molar refractivity (Wildman–Crippen MR) is 98.9 cm³/mol. The number of carbonyl (C=O) groups excluding carboxylic acids is 2. The first-order valence-electron chi connectivity index (χ1n) is 8.15. The molecule has 154 valence electrons. The Morgan fingerprint density at radius 2 is 2.00 bits per heavy atom. The molecule has 1 aromatic rings. The molecular formula is C15H23ClF3N5O2S. The molecule has 5 N–H and O–H groups in total. The number of rotatable bonds is 7. The van der Waals surface area contributed by atoms with Crippen LogP contribution in [0.4, 0.5) is 18.0 Å². The van der Waals surface area contributed by atoms with Gasteiger partial charge in [-0.1, -0.05) is 6.07 Å². The van der Waals surface area contributed by atoms with Gasteiger partial charge in [-0.2, -0.15) is 13.2 Å². The van der Waals surface area contributed by atoms with Crippen LogP contribution in [0.2, 0.25) is 0 Å². The van der Waals surface area contributed by atoms with Crippen molar-refractivity contribution in [1.82, 2.24) is 20.9 Å². The molecule has 0 bridgehead atoms. The van der Waals surface area contributed by atoms with Crippen LogP contribution < -0.4 is 21.7 Å². The smallest absolute Gasteiger partial charge is 0.354 e. The quantitative estimate of drug-likeness (QED) is 0.523. The maximum absolute atomic E-state index is 13.3. The Kier molecular flexibility index (Phi) is 9.30. The highest BCUT2D eigenvalue weighted by Gasteiger charge is 2.43. The summed E-state index contributed by atoms with van der Waals surface area (Å²) >= 11 is 1.32. The summed E-state index contributed by atoms with van der Waals surface area (Å²) in [5, 5.41) is 9.56. The van der Waals surface area contributed by atoms with Gasteiger partial charge < -0.3 is 21.7 Å². The number of amides is 3. The zero-order valence-electron chi connectivity index (χ0n) is 14.4. The number of nitrogens with zero attached hydrogens (tertiary/aromatic N) is 1. The number of primary amides is 1. The van der Waals surface area contributed by atoms with Gasteiger partial charge >= 0.3 is 12.2 Å². The van der Waals surface area contributed by atoms with Gasteiger partial charge in [-0.25, -0.2) is 4.79 Å². The van der Waals surface area contributed by atoms with Crippen molar-refractivity contribution < 1.29 is 22.8 Å². The van der Waals surface area contributed by atoms with E-state index in [1.807, 2.05) is 0 Å².